The first-order valence-electron chi connectivity index (χ1n) is 7.40. The van der Waals surface area contributed by atoms with Crippen LogP contribution < -0.4 is 15.5 Å². The summed E-state index contributed by atoms with van der Waals surface area (Å²) in [6.45, 7) is 8.92. The van der Waals surface area contributed by atoms with Crippen LogP contribution in [0.3, 0.4) is 0 Å². The first kappa shape index (κ1) is 18.5. The number of rotatable bonds is 6. The first-order valence-corrected chi connectivity index (χ1v) is 7.78. The van der Waals surface area contributed by atoms with Crippen LogP contribution in [0.25, 0.3) is 0 Å². The van der Waals surface area contributed by atoms with E-state index in [-0.39, 0.29) is 30.4 Å². The smallest absolute Gasteiger partial charge is 0.279 e. The Hall–Kier alpha value is -1.59. The van der Waals surface area contributed by atoms with Crippen LogP contribution in [-0.4, -0.2) is 37.0 Å². The highest BCUT2D eigenvalue weighted by atomic mass is 35.5. The minimum atomic E-state index is -0.268. The summed E-state index contributed by atoms with van der Waals surface area (Å²) in [6, 6.07) is 7.08. The lowest BCUT2D eigenvalue weighted by Crippen LogP contribution is -3.14. The van der Waals surface area contributed by atoms with E-state index < -0.39 is 0 Å². The van der Waals surface area contributed by atoms with Crippen molar-refractivity contribution in [2.75, 3.05) is 25.0 Å². The molecule has 0 aromatic heterocycles. The molecule has 6 heteroatoms. The molecule has 1 atom stereocenters. The normalized spacial score (nSPS) is 12.6. The highest BCUT2D eigenvalue weighted by molar-refractivity contribution is 6.33. The molecule has 3 N–H and O–H groups in total. The molecular formula is C16H25ClN3O2+. The predicted octanol–water partition coefficient (Wildman–Crippen LogP) is 1.10. The van der Waals surface area contributed by atoms with E-state index in [1.807, 2.05) is 33.8 Å². The highest BCUT2D eigenvalue weighted by Gasteiger charge is 2.20. The third kappa shape index (κ3) is 6.91. The number of carbonyl (C=O) groups excluding carboxylic acids is 2. The predicted molar refractivity (Wildman–Crippen MR) is 89.2 cm³/mol. The average molecular weight is 327 g/mol. The van der Waals surface area contributed by atoms with Crippen LogP contribution in [-0.2, 0) is 9.59 Å². The van der Waals surface area contributed by atoms with Crippen molar-refractivity contribution >= 4 is 29.1 Å². The molecule has 0 heterocycles. The lowest BCUT2D eigenvalue weighted by Gasteiger charge is -2.23. The maximum atomic E-state index is 12.1. The zero-order chi connectivity index (χ0) is 16.8. The van der Waals surface area contributed by atoms with Crippen LogP contribution in [0, 0.1) is 0 Å². The minimum absolute atomic E-state index is 0.0603. The van der Waals surface area contributed by atoms with Gasteiger partial charge in [0.15, 0.2) is 13.1 Å². The Balaban J connectivity index is 2.53. The number of nitrogens with one attached hydrogen (secondary N) is 3. The number of amides is 2. The van der Waals surface area contributed by atoms with Gasteiger partial charge in [0.05, 0.1) is 17.3 Å². The highest BCUT2D eigenvalue weighted by Crippen LogP contribution is 2.19. The lowest BCUT2D eigenvalue weighted by molar-refractivity contribution is -0.881. The van der Waals surface area contributed by atoms with Gasteiger partial charge in [-0.05, 0) is 39.8 Å². The second kappa shape index (κ2) is 8.15. The molecule has 22 heavy (non-hydrogen) atoms. The first-order chi connectivity index (χ1) is 10.2. The molecule has 122 valence electrons. The van der Waals surface area contributed by atoms with Crippen molar-refractivity contribution in [2.45, 2.75) is 33.2 Å². The van der Waals surface area contributed by atoms with Crippen LogP contribution in [0.1, 0.15) is 27.7 Å². The molecule has 1 unspecified atom stereocenters. The third-order valence-electron chi connectivity index (χ3n) is 2.98. The van der Waals surface area contributed by atoms with E-state index in [0.717, 1.165) is 4.90 Å². The van der Waals surface area contributed by atoms with E-state index >= 15 is 0 Å². The van der Waals surface area contributed by atoms with Crippen LogP contribution in [0.15, 0.2) is 24.3 Å². The topological polar surface area (TPSA) is 62.6 Å². The zero-order valence-electron chi connectivity index (χ0n) is 13.6. The second-order valence-electron chi connectivity index (χ2n) is 6.28. The fourth-order valence-electron chi connectivity index (χ4n) is 1.99. The molecule has 0 aliphatic heterocycles. The number of hydrogen-bond acceptors (Lipinski definition) is 2. The van der Waals surface area contributed by atoms with Gasteiger partial charge in [-0.1, -0.05) is 23.7 Å². The van der Waals surface area contributed by atoms with Gasteiger partial charge in [-0.3, -0.25) is 9.59 Å². The third-order valence-corrected chi connectivity index (χ3v) is 3.31. The van der Waals surface area contributed by atoms with Gasteiger partial charge in [0, 0.05) is 5.54 Å². The van der Waals surface area contributed by atoms with Crippen molar-refractivity contribution in [1.29, 1.82) is 0 Å². The summed E-state index contributed by atoms with van der Waals surface area (Å²) in [7, 11) is 0. The number of likely N-dealkylation sites (N-methyl/N-ethyl adjacent to an activating group) is 1. The Morgan fingerprint density at radius 1 is 1.14 bits per heavy atom. The number of anilines is 1. The fourth-order valence-corrected chi connectivity index (χ4v) is 2.17. The molecule has 0 aliphatic rings. The maximum Gasteiger partial charge on any atom is 0.279 e. The van der Waals surface area contributed by atoms with Crippen molar-refractivity contribution in [1.82, 2.24) is 5.32 Å². The number of para-hydroxylation sites is 1. The quantitative estimate of drug-likeness (QED) is 0.733. The Morgan fingerprint density at radius 2 is 1.73 bits per heavy atom. The number of carbonyl (C=O) groups is 2. The van der Waals surface area contributed by atoms with Gasteiger partial charge in [0.2, 0.25) is 0 Å². The summed E-state index contributed by atoms with van der Waals surface area (Å²) in [5.41, 5.74) is 0.319. The molecule has 0 radical (unpaired) electrons. The van der Waals surface area contributed by atoms with Crippen LogP contribution in [0.5, 0.6) is 0 Å². The second-order valence-corrected chi connectivity index (χ2v) is 6.69. The van der Waals surface area contributed by atoms with Crippen molar-refractivity contribution in [3.8, 4) is 0 Å². The lowest BCUT2D eigenvalue weighted by atomic mass is 10.1. The average Bonchev–Trinajstić information content (AvgIpc) is 2.38. The Morgan fingerprint density at radius 3 is 2.27 bits per heavy atom. The largest absolute Gasteiger partial charge is 0.347 e. The molecule has 1 rings (SSSR count). The molecule has 1 aromatic rings. The number of hydrogen-bond donors (Lipinski definition) is 3. The van der Waals surface area contributed by atoms with Crippen molar-refractivity contribution in [3.05, 3.63) is 29.3 Å². The number of benzene rings is 1. The van der Waals surface area contributed by atoms with Gasteiger partial charge in [-0.25, -0.2) is 0 Å². The van der Waals surface area contributed by atoms with E-state index in [9.17, 15) is 9.59 Å². The van der Waals surface area contributed by atoms with E-state index in [1.54, 1.807) is 18.2 Å². The fraction of sp³-hybridized carbons (Fsp3) is 0.500. The monoisotopic (exact) mass is 326 g/mol. The summed E-state index contributed by atoms with van der Waals surface area (Å²) in [5, 5.41) is 6.18. The van der Waals surface area contributed by atoms with Crippen molar-refractivity contribution < 1.29 is 14.5 Å². The molecule has 0 spiro atoms. The summed E-state index contributed by atoms with van der Waals surface area (Å²) >= 11 is 6.01. The summed E-state index contributed by atoms with van der Waals surface area (Å²) in [6.07, 6.45) is 0. The Bertz CT molecular complexity index is 526. The molecule has 0 bridgehead atoms. The molecule has 0 aliphatic carbocycles. The van der Waals surface area contributed by atoms with Crippen LogP contribution in [0.2, 0.25) is 5.02 Å². The standard InChI is InChI=1S/C16H24ClN3O2/c1-5-20(11-15(22)19-16(2,3)4)10-14(21)18-13-9-7-6-8-12(13)17/h6-9H,5,10-11H2,1-4H3,(H,18,21)(H,19,22)/p+1. The summed E-state index contributed by atoms with van der Waals surface area (Å²) in [5.74, 6) is -0.219. The summed E-state index contributed by atoms with van der Waals surface area (Å²) < 4.78 is 0. The molecule has 0 saturated heterocycles. The van der Waals surface area contributed by atoms with Gasteiger partial charge in [-0.2, -0.15) is 0 Å². The zero-order valence-corrected chi connectivity index (χ0v) is 14.4. The van der Waals surface area contributed by atoms with E-state index in [0.29, 0.717) is 17.3 Å². The van der Waals surface area contributed by atoms with Gasteiger partial charge in [-0.15, -0.1) is 0 Å². The Kier molecular flexibility index (Phi) is 6.84. The van der Waals surface area contributed by atoms with E-state index in [4.69, 9.17) is 11.6 Å². The van der Waals surface area contributed by atoms with Crippen LogP contribution >= 0.6 is 11.6 Å². The Labute approximate surface area is 137 Å². The van der Waals surface area contributed by atoms with Gasteiger partial charge in [0.25, 0.3) is 11.8 Å². The van der Waals surface area contributed by atoms with Crippen LogP contribution in [0.4, 0.5) is 5.69 Å². The number of halogens is 1. The van der Waals surface area contributed by atoms with Crippen molar-refractivity contribution in [3.63, 3.8) is 0 Å². The van der Waals surface area contributed by atoms with Crippen molar-refractivity contribution in [2.24, 2.45) is 0 Å². The minimum Gasteiger partial charge on any atom is -0.347 e. The van der Waals surface area contributed by atoms with E-state index in [2.05, 4.69) is 10.6 Å². The summed E-state index contributed by atoms with van der Waals surface area (Å²) in [4.78, 5) is 24.9. The van der Waals surface area contributed by atoms with E-state index in [1.165, 1.54) is 0 Å². The van der Waals surface area contributed by atoms with Gasteiger partial charge < -0.3 is 15.5 Å². The molecule has 1 aromatic carbocycles. The maximum absolute atomic E-state index is 12.1. The number of quaternary nitrogens is 1. The molecular weight excluding hydrogens is 302 g/mol. The molecule has 5 nitrogen and oxygen atoms in total. The van der Waals surface area contributed by atoms with Gasteiger partial charge >= 0.3 is 0 Å². The molecule has 0 fully saturated rings. The van der Waals surface area contributed by atoms with Gasteiger partial charge in [0.1, 0.15) is 0 Å². The SMILES string of the molecule is CC[NH+](CC(=O)Nc1ccccc1Cl)CC(=O)NC(C)(C)C. The molecule has 0 saturated carbocycles. The molecule has 2 amide bonds.